The number of nitrogens with one attached hydrogen (secondary N) is 1. The van der Waals surface area contributed by atoms with E-state index in [1.165, 1.54) is 44.9 Å². The summed E-state index contributed by atoms with van der Waals surface area (Å²) in [4.78, 5) is 0. The Kier molecular flexibility index (Phi) is 4.16. The molecule has 4 heteroatoms. The molecule has 4 nitrogen and oxygen atoms in total. The molecular weight excluding hydrogens is 236 g/mol. The van der Waals surface area contributed by atoms with Gasteiger partial charge in [0.05, 0.1) is 17.9 Å². The highest BCUT2D eigenvalue weighted by molar-refractivity contribution is 4.94. The Hall–Kier alpha value is -0.900. The predicted molar refractivity (Wildman–Crippen MR) is 75.7 cm³/mol. The maximum Gasteiger partial charge on any atom is 0.0964 e. The minimum atomic E-state index is 0.586. The van der Waals surface area contributed by atoms with Gasteiger partial charge < -0.3 is 5.32 Å². The molecular formula is C15H26N4. The highest BCUT2D eigenvalue weighted by Crippen LogP contribution is 2.33. The van der Waals surface area contributed by atoms with E-state index >= 15 is 0 Å². The van der Waals surface area contributed by atoms with Gasteiger partial charge in [0, 0.05) is 6.54 Å². The van der Waals surface area contributed by atoms with E-state index in [1.54, 1.807) is 0 Å². The molecule has 2 aliphatic rings. The van der Waals surface area contributed by atoms with E-state index in [1.807, 2.05) is 0 Å². The van der Waals surface area contributed by atoms with Gasteiger partial charge in [0.25, 0.3) is 0 Å². The number of rotatable bonds is 6. The first-order valence-corrected chi connectivity index (χ1v) is 7.96. The summed E-state index contributed by atoms with van der Waals surface area (Å²) >= 11 is 0. The molecule has 2 fully saturated rings. The van der Waals surface area contributed by atoms with Gasteiger partial charge in [-0.05, 0) is 44.1 Å². The minimum Gasteiger partial charge on any atom is -0.311 e. The molecule has 1 heterocycles. The summed E-state index contributed by atoms with van der Waals surface area (Å²) in [7, 11) is 0. The van der Waals surface area contributed by atoms with Crippen molar-refractivity contribution in [3.8, 4) is 0 Å². The standard InChI is InChI=1S/C15H26N4/c1-2-12-4-3-5-15(8-12)19-11-14(17-18-19)10-16-9-13-6-7-13/h11-13,15-16H,2-10H2,1H3. The van der Waals surface area contributed by atoms with Gasteiger partial charge in [-0.1, -0.05) is 31.4 Å². The van der Waals surface area contributed by atoms with Crippen LogP contribution < -0.4 is 5.32 Å². The Balaban J connectivity index is 1.51. The lowest BCUT2D eigenvalue weighted by Gasteiger charge is -2.28. The Morgan fingerprint density at radius 3 is 2.95 bits per heavy atom. The monoisotopic (exact) mass is 262 g/mol. The highest BCUT2D eigenvalue weighted by atomic mass is 15.4. The first kappa shape index (κ1) is 13.1. The number of aromatic nitrogens is 3. The predicted octanol–water partition coefficient (Wildman–Crippen LogP) is 2.92. The number of nitrogens with zero attached hydrogens (tertiary/aromatic N) is 3. The van der Waals surface area contributed by atoms with Crippen molar-refractivity contribution in [2.75, 3.05) is 6.54 Å². The molecule has 2 atom stereocenters. The third-order valence-corrected chi connectivity index (χ3v) is 4.70. The largest absolute Gasteiger partial charge is 0.311 e. The lowest BCUT2D eigenvalue weighted by molar-refractivity contribution is 0.245. The number of hydrogen-bond donors (Lipinski definition) is 1. The van der Waals surface area contributed by atoms with E-state index in [0.717, 1.165) is 30.6 Å². The van der Waals surface area contributed by atoms with Crippen LogP contribution in [0.25, 0.3) is 0 Å². The van der Waals surface area contributed by atoms with E-state index in [0.29, 0.717) is 6.04 Å². The van der Waals surface area contributed by atoms with Crippen molar-refractivity contribution in [3.63, 3.8) is 0 Å². The van der Waals surface area contributed by atoms with Gasteiger partial charge in [-0.2, -0.15) is 0 Å². The van der Waals surface area contributed by atoms with E-state index in [2.05, 4.69) is 33.4 Å². The normalized spacial score (nSPS) is 27.6. The molecule has 2 saturated carbocycles. The van der Waals surface area contributed by atoms with Crippen LogP contribution >= 0.6 is 0 Å². The van der Waals surface area contributed by atoms with Crippen molar-refractivity contribution >= 4 is 0 Å². The first-order chi connectivity index (χ1) is 9.35. The molecule has 0 amide bonds. The van der Waals surface area contributed by atoms with E-state index < -0.39 is 0 Å². The highest BCUT2D eigenvalue weighted by Gasteiger charge is 2.23. The second-order valence-electron chi connectivity index (χ2n) is 6.36. The molecule has 0 spiro atoms. The lowest BCUT2D eigenvalue weighted by atomic mass is 9.84. The van der Waals surface area contributed by atoms with Crippen molar-refractivity contribution in [1.29, 1.82) is 0 Å². The second kappa shape index (κ2) is 6.04. The molecule has 1 N–H and O–H groups in total. The Morgan fingerprint density at radius 2 is 2.16 bits per heavy atom. The van der Waals surface area contributed by atoms with Crippen LogP contribution in [-0.2, 0) is 6.54 Å². The zero-order chi connectivity index (χ0) is 13.1. The molecule has 0 aromatic carbocycles. The Bertz CT molecular complexity index is 397. The molecule has 0 radical (unpaired) electrons. The van der Waals surface area contributed by atoms with Crippen molar-refractivity contribution < 1.29 is 0 Å². The SMILES string of the molecule is CCC1CCCC(n2cc(CNCC3CC3)nn2)C1. The van der Waals surface area contributed by atoms with Crippen molar-refractivity contribution in [1.82, 2.24) is 20.3 Å². The van der Waals surface area contributed by atoms with Crippen LogP contribution in [0, 0.1) is 11.8 Å². The molecule has 0 bridgehead atoms. The van der Waals surface area contributed by atoms with Crippen LogP contribution in [0.5, 0.6) is 0 Å². The smallest absolute Gasteiger partial charge is 0.0964 e. The fraction of sp³-hybridized carbons (Fsp3) is 0.867. The van der Waals surface area contributed by atoms with Crippen LogP contribution in [0.4, 0.5) is 0 Å². The van der Waals surface area contributed by atoms with Gasteiger partial charge in [0.2, 0.25) is 0 Å². The zero-order valence-corrected chi connectivity index (χ0v) is 12.0. The van der Waals surface area contributed by atoms with Gasteiger partial charge in [-0.15, -0.1) is 5.10 Å². The third-order valence-electron chi connectivity index (χ3n) is 4.70. The van der Waals surface area contributed by atoms with Gasteiger partial charge in [-0.25, -0.2) is 4.68 Å². The van der Waals surface area contributed by atoms with Crippen molar-refractivity contribution in [2.24, 2.45) is 11.8 Å². The molecule has 1 aromatic heterocycles. The van der Waals surface area contributed by atoms with E-state index in [4.69, 9.17) is 0 Å². The molecule has 0 aliphatic heterocycles. The summed E-state index contributed by atoms with van der Waals surface area (Å²) in [5, 5.41) is 12.1. The maximum atomic E-state index is 4.35. The maximum absolute atomic E-state index is 4.35. The van der Waals surface area contributed by atoms with Crippen LogP contribution in [0.15, 0.2) is 6.20 Å². The average molecular weight is 262 g/mol. The van der Waals surface area contributed by atoms with Crippen molar-refractivity contribution in [3.05, 3.63) is 11.9 Å². The second-order valence-corrected chi connectivity index (χ2v) is 6.36. The van der Waals surface area contributed by atoms with Gasteiger partial charge in [0.1, 0.15) is 0 Å². The molecule has 3 rings (SSSR count). The zero-order valence-electron chi connectivity index (χ0n) is 12.0. The van der Waals surface area contributed by atoms with Crippen LogP contribution in [0.3, 0.4) is 0 Å². The molecule has 19 heavy (non-hydrogen) atoms. The quantitative estimate of drug-likeness (QED) is 0.857. The van der Waals surface area contributed by atoms with Crippen LogP contribution in [0.2, 0.25) is 0 Å². The van der Waals surface area contributed by atoms with Gasteiger partial charge in [0.15, 0.2) is 0 Å². The lowest BCUT2D eigenvalue weighted by Crippen LogP contribution is -2.19. The molecule has 106 valence electrons. The van der Waals surface area contributed by atoms with Gasteiger partial charge >= 0.3 is 0 Å². The summed E-state index contributed by atoms with van der Waals surface area (Å²) < 4.78 is 2.12. The summed E-state index contributed by atoms with van der Waals surface area (Å²) in [5.41, 5.74) is 1.10. The van der Waals surface area contributed by atoms with E-state index in [-0.39, 0.29) is 0 Å². The summed E-state index contributed by atoms with van der Waals surface area (Å²) in [6.45, 7) is 4.33. The molecule has 0 saturated heterocycles. The first-order valence-electron chi connectivity index (χ1n) is 7.96. The summed E-state index contributed by atoms with van der Waals surface area (Å²) in [5.74, 6) is 1.82. The Morgan fingerprint density at radius 1 is 1.26 bits per heavy atom. The topological polar surface area (TPSA) is 42.7 Å². The van der Waals surface area contributed by atoms with Gasteiger partial charge in [-0.3, -0.25) is 0 Å². The van der Waals surface area contributed by atoms with E-state index in [9.17, 15) is 0 Å². The minimum absolute atomic E-state index is 0.586. The molecule has 2 unspecified atom stereocenters. The van der Waals surface area contributed by atoms with Crippen molar-refractivity contribution in [2.45, 2.75) is 64.5 Å². The third kappa shape index (κ3) is 3.56. The van der Waals surface area contributed by atoms with Crippen LogP contribution in [-0.4, -0.2) is 21.5 Å². The van der Waals surface area contributed by atoms with Crippen LogP contribution in [0.1, 0.15) is 63.6 Å². The summed E-state index contributed by atoms with van der Waals surface area (Å²) in [6, 6.07) is 0.586. The molecule has 1 aromatic rings. The Labute approximate surface area is 116 Å². The molecule has 2 aliphatic carbocycles. The average Bonchev–Trinajstić information content (AvgIpc) is 3.15. The summed E-state index contributed by atoms with van der Waals surface area (Å²) in [6.07, 6.45) is 11.6. The number of hydrogen-bond acceptors (Lipinski definition) is 3. The fourth-order valence-electron chi connectivity index (χ4n) is 3.17. The fourth-order valence-corrected chi connectivity index (χ4v) is 3.17.